The van der Waals surface area contributed by atoms with Gasteiger partial charge in [-0.2, -0.15) is 0 Å². The first-order valence-electron chi connectivity index (χ1n) is 5.25. The lowest BCUT2D eigenvalue weighted by molar-refractivity contribution is -0.136. The van der Waals surface area contributed by atoms with Crippen molar-refractivity contribution in [1.29, 1.82) is 0 Å². The highest BCUT2D eigenvalue weighted by atomic mass is 16.5. The summed E-state index contributed by atoms with van der Waals surface area (Å²) in [7, 11) is 1.39. The van der Waals surface area contributed by atoms with Crippen LogP contribution in [0, 0.1) is 0 Å². The Kier molecular flexibility index (Phi) is 4.78. The number of carbonyl (C=O) groups excluding carboxylic acids is 1. The summed E-state index contributed by atoms with van der Waals surface area (Å²) in [5.74, 6) is -0.271. The molecule has 1 aliphatic rings. The van der Waals surface area contributed by atoms with Crippen LogP contribution in [0.3, 0.4) is 0 Å². The van der Waals surface area contributed by atoms with Crippen molar-refractivity contribution in [2.75, 3.05) is 20.3 Å². The van der Waals surface area contributed by atoms with Crippen LogP contribution in [0.4, 0.5) is 0 Å². The van der Waals surface area contributed by atoms with E-state index in [2.05, 4.69) is 17.0 Å². The van der Waals surface area contributed by atoms with Gasteiger partial charge in [-0.3, -0.25) is 0 Å². The van der Waals surface area contributed by atoms with Crippen molar-refractivity contribution in [3.05, 3.63) is 11.6 Å². The van der Waals surface area contributed by atoms with Gasteiger partial charge in [0.05, 0.1) is 13.2 Å². The van der Waals surface area contributed by atoms with Crippen LogP contribution in [0.5, 0.6) is 0 Å². The van der Waals surface area contributed by atoms with E-state index in [1.165, 1.54) is 7.11 Å². The van der Waals surface area contributed by atoms with E-state index in [1.807, 2.05) is 6.08 Å². The average Bonchev–Trinajstić information content (AvgIpc) is 2.63. The fourth-order valence-corrected chi connectivity index (χ4v) is 1.61. The predicted molar refractivity (Wildman–Crippen MR) is 57.6 cm³/mol. The SMILES string of the molecule is COC(=O)C(C)=CCNC1CCOC1C. The zero-order valence-electron chi connectivity index (χ0n) is 9.58. The molecule has 86 valence electrons. The number of carbonyl (C=O) groups is 1. The molecule has 1 saturated heterocycles. The van der Waals surface area contributed by atoms with Crippen LogP contribution in [0.2, 0.25) is 0 Å². The van der Waals surface area contributed by atoms with E-state index in [-0.39, 0.29) is 12.1 Å². The van der Waals surface area contributed by atoms with Gasteiger partial charge in [-0.1, -0.05) is 6.08 Å². The molecule has 1 N–H and O–H groups in total. The summed E-state index contributed by atoms with van der Waals surface area (Å²) in [6, 6.07) is 0.395. The third-order valence-corrected chi connectivity index (χ3v) is 2.67. The molecule has 4 nitrogen and oxygen atoms in total. The Morgan fingerprint density at radius 1 is 1.67 bits per heavy atom. The lowest BCUT2D eigenvalue weighted by Gasteiger charge is -2.14. The van der Waals surface area contributed by atoms with Gasteiger partial charge in [-0.05, 0) is 20.3 Å². The number of esters is 1. The lowest BCUT2D eigenvalue weighted by atomic mass is 10.1. The third kappa shape index (κ3) is 3.64. The molecule has 1 aliphatic heterocycles. The molecule has 0 aromatic rings. The minimum atomic E-state index is -0.271. The number of rotatable bonds is 4. The van der Waals surface area contributed by atoms with Crippen LogP contribution in [0.15, 0.2) is 11.6 Å². The minimum absolute atomic E-state index is 0.261. The minimum Gasteiger partial charge on any atom is -0.466 e. The second kappa shape index (κ2) is 5.88. The molecule has 0 radical (unpaired) electrons. The van der Waals surface area contributed by atoms with E-state index in [4.69, 9.17) is 4.74 Å². The fourth-order valence-electron chi connectivity index (χ4n) is 1.61. The molecule has 0 amide bonds. The summed E-state index contributed by atoms with van der Waals surface area (Å²) in [5.41, 5.74) is 0.636. The highest BCUT2D eigenvalue weighted by Crippen LogP contribution is 2.12. The highest BCUT2D eigenvalue weighted by Gasteiger charge is 2.22. The number of methoxy groups -OCH3 is 1. The molecule has 4 heteroatoms. The quantitative estimate of drug-likeness (QED) is 0.556. The Bertz CT molecular complexity index is 250. The van der Waals surface area contributed by atoms with Crippen LogP contribution < -0.4 is 5.32 Å². The van der Waals surface area contributed by atoms with Crippen molar-refractivity contribution in [2.45, 2.75) is 32.4 Å². The van der Waals surface area contributed by atoms with Crippen molar-refractivity contribution in [3.8, 4) is 0 Å². The Hall–Kier alpha value is -0.870. The maximum Gasteiger partial charge on any atom is 0.333 e. The van der Waals surface area contributed by atoms with Gasteiger partial charge in [0.15, 0.2) is 0 Å². The van der Waals surface area contributed by atoms with Gasteiger partial charge in [0.1, 0.15) is 0 Å². The highest BCUT2D eigenvalue weighted by molar-refractivity contribution is 5.87. The number of hydrogen-bond donors (Lipinski definition) is 1. The molecular weight excluding hydrogens is 194 g/mol. The zero-order valence-corrected chi connectivity index (χ0v) is 9.58. The summed E-state index contributed by atoms with van der Waals surface area (Å²) in [5, 5.41) is 3.33. The Morgan fingerprint density at radius 3 is 2.93 bits per heavy atom. The second-order valence-corrected chi connectivity index (χ2v) is 3.76. The van der Waals surface area contributed by atoms with E-state index in [0.29, 0.717) is 18.2 Å². The van der Waals surface area contributed by atoms with Gasteiger partial charge < -0.3 is 14.8 Å². The van der Waals surface area contributed by atoms with Gasteiger partial charge in [0, 0.05) is 24.8 Å². The van der Waals surface area contributed by atoms with Gasteiger partial charge in [0.2, 0.25) is 0 Å². The Balaban J connectivity index is 2.28. The molecule has 15 heavy (non-hydrogen) atoms. The molecule has 1 rings (SSSR count). The van der Waals surface area contributed by atoms with Crippen molar-refractivity contribution in [3.63, 3.8) is 0 Å². The number of ether oxygens (including phenoxy) is 2. The molecule has 0 bridgehead atoms. The monoisotopic (exact) mass is 213 g/mol. The van der Waals surface area contributed by atoms with Crippen molar-refractivity contribution in [2.24, 2.45) is 0 Å². The molecule has 1 heterocycles. The topological polar surface area (TPSA) is 47.6 Å². The molecule has 0 aliphatic carbocycles. The number of nitrogens with one attached hydrogen (secondary N) is 1. The second-order valence-electron chi connectivity index (χ2n) is 3.76. The summed E-state index contributed by atoms with van der Waals surface area (Å²) in [6.45, 7) is 5.31. The van der Waals surface area contributed by atoms with E-state index < -0.39 is 0 Å². The summed E-state index contributed by atoms with van der Waals surface area (Å²) < 4.78 is 10.0. The first-order valence-corrected chi connectivity index (χ1v) is 5.25. The predicted octanol–water partition coefficient (Wildman–Crippen LogP) is 0.873. The molecule has 2 atom stereocenters. The van der Waals surface area contributed by atoms with Crippen LogP contribution >= 0.6 is 0 Å². The number of hydrogen-bond acceptors (Lipinski definition) is 4. The van der Waals surface area contributed by atoms with E-state index >= 15 is 0 Å². The third-order valence-electron chi connectivity index (χ3n) is 2.67. The first kappa shape index (κ1) is 12.2. The van der Waals surface area contributed by atoms with Crippen molar-refractivity contribution >= 4 is 5.97 Å². The lowest BCUT2D eigenvalue weighted by Crippen LogP contribution is -2.34. The van der Waals surface area contributed by atoms with Gasteiger partial charge in [-0.25, -0.2) is 4.79 Å². The normalized spacial score (nSPS) is 26.7. The molecule has 0 spiro atoms. The van der Waals surface area contributed by atoms with Crippen molar-refractivity contribution in [1.82, 2.24) is 5.32 Å². The van der Waals surface area contributed by atoms with Gasteiger partial charge in [0.25, 0.3) is 0 Å². The van der Waals surface area contributed by atoms with Crippen LogP contribution in [-0.2, 0) is 14.3 Å². The van der Waals surface area contributed by atoms with Gasteiger partial charge >= 0.3 is 5.97 Å². The molecule has 0 aromatic carbocycles. The Labute approximate surface area is 90.6 Å². The molecular formula is C11H19NO3. The van der Waals surface area contributed by atoms with E-state index in [9.17, 15) is 4.79 Å². The summed E-state index contributed by atoms with van der Waals surface area (Å²) in [6.07, 6.45) is 3.14. The van der Waals surface area contributed by atoms with E-state index in [0.717, 1.165) is 13.0 Å². The maximum absolute atomic E-state index is 11.1. The Morgan fingerprint density at radius 2 is 2.40 bits per heavy atom. The zero-order chi connectivity index (χ0) is 11.3. The largest absolute Gasteiger partial charge is 0.466 e. The molecule has 2 unspecified atom stereocenters. The smallest absolute Gasteiger partial charge is 0.333 e. The summed E-state index contributed by atoms with van der Waals surface area (Å²) >= 11 is 0. The van der Waals surface area contributed by atoms with Crippen LogP contribution in [-0.4, -0.2) is 38.4 Å². The van der Waals surface area contributed by atoms with E-state index in [1.54, 1.807) is 6.92 Å². The molecule has 0 aromatic heterocycles. The molecule has 0 saturated carbocycles. The van der Waals surface area contributed by atoms with Crippen LogP contribution in [0.1, 0.15) is 20.3 Å². The van der Waals surface area contributed by atoms with Gasteiger partial charge in [-0.15, -0.1) is 0 Å². The first-order chi connectivity index (χ1) is 7.15. The van der Waals surface area contributed by atoms with Crippen molar-refractivity contribution < 1.29 is 14.3 Å². The standard InChI is InChI=1S/C11H19NO3/c1-8(11(13)14-3)4-6-12-10-5-7-15-9(10)2/h4,9-10,12H,5-7H2,1-3H3. The maximum atomic E-state index is 11.1. The fraction of sp³-hybridized carbons (Fsp3) is 0.727. The summed E-state index contributed by atoms with van der Waals surface area (Å²) in [4.78, 5) is 11.1. The van der Waals surface area contributed by atoms with Crippen LogP contribution in [0.25, 0.3) is 0 Å². The average molecular weight is 213 g/mol. The molecule has 1 fully saturated rings.